The van der Waals surface area contributed by atoms with Crippen molar-refractivity contribution in [2.24, 2.45) is 17.8 Å². The molecule has 3 aliphatic heterocycles. The molecule has 5 rings (SSSR count). The van der Waals surface area contributed by atoms with Gasteiger partial charge in [0, 0.05) is 27.3 Å². The summed E-state index contributed by atoms with van der Waals surface area (Å²) in [6, 6.07) is 11.9. The fraction of sp³-hybridized carbons (Fsp3) is 0.348. The first-order chi connectivity index (χ1) is 14.8. The number of hydrogen-bond donors (Lipinski definition) is 2. The quantitative estimate of drug-likeness (QED) is 0.690. The normalized spacial score (nSPS) is 29.1. The summed E-state index contributed by atoms with van der Waals surface area (Å²) < 4.78 is 0. The molecule has 160 valence electrons. The van der Waals surface area contributed by atoms with Gasteiger partial charge in [-0.2, -0.15) is 0 Å². The molecule has 3 heterocycles. The lowest BCUT2D eigenvalue weighted by molar-refractivity contribution is -0.143. The average molecular weight is 458 g/mol. The van der Waals surface area contributed by atoms with Gasteiger partial charge in [-0.1, -0.05) is 55.2 Å². The van der Waals surface area contributed by atoms with Crippen molar-refractivity contribution in [3.63, 3.8) is 0 Å². The minimum atomic E-state index is -1.33. The summed E-state index contributed by atoms with van der Waals surface area (Å²) >= 11 is 12.5. The fourth-order valence-electron chi connectivity index (χ4n) is 5.29. The lowest BCUT2D eigenvalue weighted by Crippen LogP contribution is -2.53. The second-order valence-corrected chi connectivity index (χ2v) is 9.57. The molecule has 0 aromatic heterocycles. The van der Waals surface area contributed by atoms with Crippen LogP contribution in [0.15, 0.2) is 42.5 Å². The molecule has 0 unspecified atom stereocenters. The van der Waals surface area contributed by atoms with Crippen molar-refractivity contribution in [3.05, 3.63) is 63.6 Å². The van der Waals surface area contributed by atoms with Crippen molar-refractivity contribution < 1.29 is 14.4 Å². The summed E-state index contributed by atoms with van der Waals surface area (Å²) in [4.78, 5) is 41.8. The van der Waals surface area contributed by atoms with E-state index in [0.29, 0.717) is 26.9 Å². The molecule has 2 aromatic carbocycles. The molecule has 2 saturated heterocycles. The van der Waals surface area contributed by atoms with Crippen LogP contribution in [0.5, 0.6) is 0 Å². The summed E-state index contributed by atoms with van der Waals surface area (Å²) in [5.41, 5.74) is 0.578. The molecule has 2 N–H and O–H groups in total. The van der Waals surface area contributed by atoms with Crippen molar-refractivity contribution in [2.75, 3.05) is 5.32 Å². The lowest BCUT2D eigenvalue weighted by atomic mass is 9.76. The van der Waals surface area contributed by atoms with E-state index in [-0.39, 0.29) is 36.2 Å². The number of carbonyl (C=O) groups excluding carboxylic acids is 3. The molecule has 0 radical (unpaired) electrons. The van der Waals surface area contributed by atoms with Gasteiger partial charge in [0.15, 0.2) is 0 Å². The number of fused-ring (bicyclic) bond motifs is 4. The van der Waals surface area contributed by atoms with E-state index in [0.717, 1.165) is 0 Å². The molecule has 2 aromatic rings. The number of likely N-dealkylation sites (tertiary alicyclic amines) is 1. The number of benzene rings is 2. The minimum Gasteiger partial charge on any atom is -0.324 e. The van der Waals surface area contributed by atoms with Crippen LogP contribution < -0.4 is 10.6 Å². The highest BCUT2D eigenvalue weighted by atomic mass is 35.5. The van der Waals surface area contributed by atoms with E-state index < -0.39 is 17.4 Å². The van der Waals surface area contributed by atoms with E-state index in [2.05, 4.69) is 10.6 Å². The van der Waals surface area contributed by atoms with E-state index in [1.807, 2.05) is 19.9 Å². The van der Waals surface area contributed by atoms with Gasteiger partial charge in [-0.3, -0.25) is 24.6 Å². The average Bonchev–Trinajstić information content (AvgIpc) is 3.31. The fourth-order valence-corrected chi connectivity index (χ4v) is 5.66. The highest BCUT2D eigenvalue weighted by Crippen LogP contribution is 2.54. The van der Waals surface area contributed by atoms with E-state index in [1.165, 1.54) is 4.90 Å². The highest BCUT2D eigenvalue weighted by molar-refractivity contribution is 6.31. The maximum Gasteiger partial charge on any atom is 0.250 e. The largest absolute Gasteiger partial charge is 0.324 e. The number of hydrogen-bond acceptors (Lipinski definition) is 4. The Balaban J connectivity index is 1.63. The Hall–Kier alpha value is -2.41. The van der Waals surface area contributed by atoms with Crippen LogP contribution in [0.3, 0.4) is 0 Å². The number of amides is 3. The molecule has 6 nitrogen and oxygen atoms in total. The van der Waals surface area contributed by atoms with Crippen LogP contribution >= 0.6 is 23.2 Å². The topological polar surface area (TPSA) is 78.5 Å². The standard InChI is InChI=1S/C23H21Cl2N3O3/c1-11(2)19-17-18(21(30)28(20(17)29)10-12-5-3-4-6-15(12)25)23(27-19)14-9-13(24)7-8-16(14)26-22(23)31/h3-9,11,17-19,27H,10H2,1-2H3,(H,26,31)/t17-,18+,19+,23+/m0/s1. The zero-order valence-electron chi connectivity index (χ0n) is 17.0. The van der Waals surface area contributed by atoms with Gasteiger partial charge in [-0.15, -0.1) is 0 Å². The molecule has 0 saturated carbocycles. The van der Waals surface area contributed by atoms with Crippen LogP contribution in [0, 0.1) is 17.8 Å². The highest BCUT2D eigenvalue weighted by Gasteiger charge is 2.70. The molecular weight excluding hydrogens is 437 g/mol. The van der Waals surface area contributed by atoms with Gasteiger partial charge in [-0.25, -0.2) is 0 Å². The lowest BCUT2D eigenvalue weighted by Gasteiger charge is -2.30. The minimum absolute atomic E-state index is 0.0277. The van der Waals surface area contributed by atoms with Crippen molar-refractivity contribution in [1.29, 1.82) is 0 Å². The number of nitrogens with one attached hydrogen (secondary N) is 2. The van der Waals surface area contributed by atoms with Crippen molar-refractivity contribution in [3.8, 4) is 0 Å². The summed E-state index contributed by atoms with van der Waals surface area (Å²) in [7, 11) is 0. The Kier molecular flexibility index (Phi) is 4.66. The molecule has 4 atom stereocenters. The second-order valence-electron chi connectivity index (χ2n) is 8.72. The van der Waals surface area contributed by atoms with Crippen LogP contribution in [0.2, 0.25) is 10.0 Å². The van der Waals surface area contributed by atoms with E-state index >= 15 is 0 Å². The van der Waals surface area contributed by atoms with Crippen LogP contribution in [0.25, 0.3) is 0 Å². The molecule has 0 aliphatic carbocycles. The predicted octanol–water partition coefficient (Wildman–Crippen LogP) is 3.57. The maximum absolute atomic E-state index is 13.7. The zero-order valence-corrected chi connectivity index (χ0v) is 18.5. The Labute approximate surface area is 189 Å². The van der Waals surface area contributed by atoms with E-state index in [1.54, 1.807) is 36.4 Å². The summed E-state index contributed by atoms with van der Waals surface area (Å²) in [5.74, 6) is -2.45. The molecule has 31 heavy (non-hydrogen) atoms. The van der Waals surface area contributed by atoms with Crippen LogP contribution in [0.1, 0.15) is 25.0 Å². The molecule has 0 bridgehead atoms. The van der Waals surface area contributed by atoms with E-state index in [9.17, 15) is 14.4 Å². The Morgan fingerprint density at radius 1 is 1.06 bits per heavy atom. The van der Waals surface area contributed by atoms with Gasteiger partial charge in [-0.05, 0) is 35.7 Å². The first-order valence-electron chi connectivity index (χ1n) is 10.2. The number of imide groups is 1. The van der Waals surface area contributed by atoms with Gasteiger partial charge in [0.05, 0.1) is 18.4 Å². The predicted molar refractivity (Wildman–Crippen MR) is 118 cm³/mol. The summed E-state index contributed by atoms with van der Waals surface area (Å²) in [6.07, 6.45) is 0. The number of anilines is 1. The molecule has 3 aliphatic rings. The molecule has 8 heteroatoms. The van der Waals surface area contributed by atoms with Gasteiger partial charge < -0.3 is 5.32 Å². The smallest absolute Gasteiger partial charge is 0.250 e. The molecule has 2 fully saturated rings. The molecule has 3 amide bonds. The summed E-state index contributed by atoms with van der Waals surface area (Å²) in [6.45, 7) is 4.04. The van der Waals surface area contributed by atoms with Crippen LogP contribution in [-0.4, -0.2) is 28.7 Å². The third-order valence-corrected chi connectivity index (χ3v) is 7.31. The molecule has 1 spiro atoms. The van der Waals surface area contributed by atoms with Crippen LogP contribution in [-0.2, 0) is 26.5 Å². The number of nitrogens with zero attached hydrogens (tertiary/aromatic N) is 1. The van der Waals surface area contributed by atoms with Crippen LogP contribution in [0.4, 0.5) is 5.69 Å². The third-order valence-electron chi connectivity index (χ3n) is 6.71. The number of rotatable bonds is 3. The van der Waals surface area contributed by atoms with Gasteiger partial charge in [0.25, 0.3) is 0 Å². The Bertz CT molecular complexity index is 1130. The third kappa shape index (κ3) is 2.78. The monoisotopic (exact) mass is 457 g/mol. The Morgan fingerprint density at radius 3 is 2.52 bits per heavy atom. The molecular formula is C23H21Cl2N3O3. The van der Waals surface area contributed by atoms with Gasteiger partial charge in [0.1, 0.15) is 5.54 Å². The first-order valence-corrected chi connectivity index (χ1v) is 11.0. The van der Waals surface area contributed by atoms with Crippen molar-refractivity contribution >= 4 is 46.6 Å². The van der Waals surface area contributed by atoms with E-state index in [4.69, 9.17) is 23.2 Å². The van der Waals surface area contributed by atoms with Gasteiger partial charge in [0.2, 0.25) is 17.7 Å². The SMILES string of the molecule is CC(C)[C@H]1N[C@@]2(C(=O)Nc3ccc(Cl)cc32)[C@H]2C(=O)N(Cc3ccccc3Cl)C(=O)[C@H]12. The Morgan fingerprint density at radius 2 is 1.81 bits per heavy atom. The van der Waals surface area contributed by atoms with Crippen molar-refractivity contribution in [1.82, 2.24) is 10.2 Å². The second kappa shape index (κ2) is 7.05. The summed E-state index contributed by atoms with van der Waals surface area (Å²) in [5, 5.41) is 7.22. The zero-order chi connectivity index (χ0) is 22.1. The maximum atomic E-state index is 13.7. The van der Waals surface area contributed by atoms with Crippen molar-refractivity contribution in [2.45, 2.75) is 32.0 Å². The van der Waals surface area contributed by atoms with Gasteiger partial charge >= 0.3 is 0 Å². The number of halogens is 2. The first kappa shape index (κ1) is 20.5. The number of carbonyl (C=O) groups is 3.